The van der Waals surface area contributed by atoms with E-state index in [0.717, 1.165) is 39.0 Å². The first kappa shape index (κ1) is 12.7. The summed E-state index contributed by atoms with van der Waals surface area (Å²) in [5.41, 5.74) is 1.12. The molecule has 0 bridgehead atoms. The molecule has 19 heavy (non-hydrogen) atoms. The molecule has 2 saturated heterocycles. The topological polar surface area (TPSA) is 32.3 Å². The highest BCUT2D eigenvalue weighted by Gasteiger charge is 2.53. The zero-order valence-electron chi connectivity index (χ0n) is 11.6. The first-order chi connectivity index (χ1) is 9.28. The third-order valence-electron chi connectivity index (χ3n) is 4.78. The van der Waals surface area contributed by atoms with E-state index in [4.69, 9.17) is 0 Å². The number of amides is 1. The Morgan fingerprint density at radius 2 is 2.16 bits per heavy atom. The van der Waals surface area contributed by atoms with Crippen LogP contribution in [-0.2, 0) is 4.79 Å². The van der Waals surface area contributed by atoms with Crippen LogP contribution < -0.4 is 5.32 Å². The van der Waals surface area contributed by atoms with Crippen molar-refractivity contribution >= 4 is 5.91 Å². The van der Waals surface area contributed by atoms with Gasteiger partial charge in [0.25, 0.3) is 0 Å². The molecule has 0 saturated carbocycles. The summed E-state index contributed by atoms with van der Waals surface area (Å²) in [5.74, 6) is 0.699. The van der Waals surface area contributed by atoms with E-state index >= 15 is 0 Å². The molecule has 0 radical (unpaired) electrons. The van der Waals surface area contributed by atoms with E-state index in [1.807, 2.05) is 11.0 Å². The molecule has 2 aliphatic heterocycles. The second-order valence-electron chi connectivity index (χ2n) is 5.74. The maximum absolute atomic E-state index is 12.8. The summed E-state index contributed by atoms with van der Waals surface area (Å²) in [6, 6.07) is 10.6. The number of rotatable bonds is 2. The Labute approximate surface area is 115 Å². The quantitative estimate of drug-likeness (QED) is 0.880. The summed E-state index contributed by atoms with van der Waals surface area (Å²) in [6.07, 6.45) is 2.13. The molecule has 1 aromatic carbocycles. The van der Waals surface area contributed by atoms with Crippen molar-refractivity contribution in [3.63, 3.8) is 0 Å². The summed E-state index contributed by atoms with van der Waals surface area (Å²) < 4.78 is 0. The highest BCUT2D eigenvalue weighted by molar-refractivity contribution is 5.87. The summed E-state index contributed by atoms with van der Waals surface area (Å²) in [5, 5.41) is 3.44. The molecule has 2 heterocycles. The molecule has 2 aliphatic rings. The third kappa shape index (κ3) is 1.96. The normalized spacial score (nSPS) is 31.1. The number of hydrogen-bond donors (Lipinski definition) is 1. The van der Waals surface area contributed by atoms with E-state index in [9.17, 15) is 4.79 Å². The predicted octanol–water partition coefficient (Wildman–Crippen LogP) is 2.00. The van der Waals surface area contributed by atoms with Gasteiger partial charge in [0.15, 0.2) is 0 Å². The van der Waals surface area contributed by atoms with Crippen LogP contribution in [-0.4, -0.2) is 37.0 Å². The van der Waals surface area contributed by atoms with Crippen molar-refractivity contribution in [2.75, 3.05) is 26.2 Å². The maximum atomic E-state index is 12.8. The Kier molecular flexibility index (Phi) is 3.31. The van der Waals surface area contributed by atoms with Gasteiger partial charge in [-0.15, -0.1) is 0 Å². The average Bonchev–Trinajstić information content (AvgIpc) is 2.74. The van der Waals surface area contributed by atoms with Gasteiger partial charge in [-0.05, 0) is 31.9 Å². The van der Waals surface area contributed by atoms with Gasteiger partial charge in [-0.3, -0.25) is 4.79 Å². The number of nitrogens with zero attached hydrogens (tertiary/aromatic N) is 1. The lowest BCUT2D eigenvalue weighted by Crippen LogP contribution is -2.47. The molecule has 102 valence electrons. The monoisotopic (exact) mass is 258 g/mol. The van der Waals surface area contributed by atoms with Crippen LogP contribution in [0.5, 0.6) is 0 Å². The van der Waals surface area contributed by atoms with Crippen LogP contribution in [0.2, 0.25) is 0 Å². The Morgan fingerprint density at radius 1 is 1.37 bits per heavy atom. The number of likely N-dealkylation sites (tertiary alicyclic amines) is 1. The lowest BCUT2D eigenvalue weighted by atomic mass is 9.69. The number of benzene rings is 1. The molecule has 0 aromatic heterocycles. The number of hydrogen-bond acceptors (Lipinski definition) is 2. The predicted molar refractivity (Wildman–Crippen MR) is 76.0 cm³/mol. The van der Waals surface area contributed by atoms with Gasteiger partial charge in [0.2, 0.25) is 5.91 Å². The van der Waals surface area contributed by atoms with Gasteiger partial charge in [-0.2, -0.15) is 0 Å². The van der Waals surface area contributed by atoms with Crippen LogP contribution in [0.25, 0.3) is 0 Å². The number of carbonyl (C=O) groups is 1. The Bertz CT molecular complexity index is 451. The summed E-state index contributed by atoms with van der Waals surface area (Å²) >= 11 is 0. The molecule has 1 amide bonds. The molecular formula is C16H22N2O. The van der Waals surface area contributed by atoms with E-state index in [2.05, 4.69) is 36.5 Å². The van der Waals surface area contributed by atoms with E-state index in [1.54, 1.807) is 0 Å². The van der Waals surface area contributed by atoms with Crippen molar-refractivity contribution < 1.29 is 4.79 Å². The molecular weight excluding hydrogens is 236 g/mol. The van der Waals surface area contributed by atoms with Crippen LogP contribution in [0.15, 0.2) is 30.3 Å². The molecule has 2 fully saturated rings. The standard InChI is InChI=1S/C16H22N2O/c1-2-18-11-14(13-7-4-3-5-8-13)16(15(18)19)9-6-10-17-12-16/h3-5,7-8,14,17H,2,6,9-12H2,1H3. The Morgan fingerprint density at radius 3 is 2.79 bits per heavy atom. The van der Waals surface area contributed by atoms with E-state index in [1.165, 1.54) is 5.56 Å². The van der Waals surface area contributed by atoms with E-state index < -0.39 is 0 Å². The molecule has 3 nitrogen and oxygen atoms in total. The highest BCUT2D eigenvalue weighted by atomic mass is 16.2. The molecule has 1 aromatic rings. The summed E-state index contributed by atoms with van der Waals surface area (Å²) in [4.78, 5) is 14.8. The van der Waals surface area contributed by atoms with Gasteiger partial charge in [0.1, 0.15) is 0 Å². The zero-order valence-corrected chi connectivity index (χ0v) is 11.6. The molecule has 0 aliphatic carbocycles. The summed E-state index contributed by atoms with van der Waals surface area (Å²) in [7, 11) is 0. The van der Waals surface area contributed by atoms with Crippen LogP contribution in [0.3, 0.4) is 0 Å². The number of carbonyl (C=O) groups excluding carboxylic acids is 1. The van der Waals surface area contributed by atoms with Gasteiger partial charge < -0.3 is 10.2 Å². The van der Waals surface area contributed by atoms with Crippen molar-refractivity contribution in [1.82, 2.24) is 10.2 Å². The molecule has 1 N–H and O–H groups in total. The first-order valence-corrected chi connectivity index (χ1v) is 7.33. The minimum absolute atomic E-state index is 0.199. The Balaban J connectivity index is 1.99. The lowest BCUT2D eigenvalue weighted by Gasteiger charge is -2.36. The van der Waals surface area contributed by atoms with Crippen LogP contribution >= 0.6 is 0 Å². The fourth-order valence-electron chi connectivity index (χ4n) is 3.73. The average molecular weight is 258 g/mol. The maximum Gasteiger partial charge on any atom is 0.230 e. The highest BCUT2D eigenvalue weighted by Crippen LogP contribution is 2.47. The smallest absolute Gasteiger partial charge is 0.230 e. The minimum Gasteiger partial charge on any atom is -0.342 e. The van der Waals surface area contributed by atoms with Gasteiger partial charge in [0.05, 0.1) is 5.41 Å². The third-order valence-corrected chi connectivity index (χ3v) is 4.78. The zero-order chi connectivity index (χ0) is 13.3. The van der Waals surface area contributed by atoms with Crippen LogP contribution in [0, 0.1) is 5.41 Å². The fraction of sp³-hybridized carbons (Fsp3) is 0.562. The van der Waals surface area contributed by atoms with Crippen molar-refractivity contribution in [2.45, 2.75) is 25.7 Å². The van der Waals surface area contributed by atoms with Gasteiger partial charge in [-0.25, -0.2) is 0 Å². The first-order valence-electron chi connectivity index (χ1n) is 7.33. The van der Waals surface area contributed by atoms with E-state index in [-0.39, 0.29) is 5.41 Å². The molecule has 2 unspecified atom stereocenters. The number of piperidine rings is 1. The number of nitrogens with one attached hydrogen (secondary N) is 1. The SMILES string of the molecule is CCN1CC(c2ccccc2)C2(CCCNC2)C1=O. The molecule has 1 spiro atoms. The fourth-order valence-corrected chi connectivity index (χ4v) is 3.73. The molecule has 3 rings (SSSR count). The number of likely N-dealkylation sites (N-methyl/N-ethyl adjacent to an activating group) is 1. The van der Waals surface area contributed by atoms with Crippen LogP contribution in [0.1, 0.15) is 31.2 Å². The summed E-state index contributed by atoms with van der Waals surface area (Å²) in [6.45, 7) is 5.66. The largest absolute Gasteiger partial charge is 0.342 e. The van der Waals surface area contributed by atoms with Gasteiger partial charge >= 0.3 is 0 Å². The Hall–Kier alpha value is -1.35. The van der Waals surface area contributed by atoms with Crippen molar-refractivity contribution in [2.24, 2.45) is 5.41 Å². The molecule has 2 atom stereocenters. The van der Waals surface area contributed by atoms with Crippen molar-refractivity contribution in [1.29, 1.82) is 0 Å². The minimum atomic E-state index is -0.199. The van der Waals surface area contributed by atoms with E-state index in [0.29, 0.717) is 11.8 Å². The van der Waals surface area contributed by atoms with Gasteiger partial charge in [-0.1, -0.05) is 30.3 Å². The van der Waals surface area contributed by atoms with Crippen molar-refractivity contribution in [3.8, 4) is 0 Å². The molecule has 3 heteroatoms. The van der Waals surface area contributed by atoms with Crippen LogP contribution in [0.4, 0.5) is 0 Å². The van der Waals surface area contributed by atoms with Crippen molar-refractivity contribution in [3.05, 3.63) is 35.9 Å². The second-order valence-corrected chi connectivity index (χ2v) is 5.74. The lowest BCUT2D eigenvalue weighted by molar-refractivity contribution is -0.137. The van der Waals surface area contributed by atoms with Gasteiger partial charge in [0, 0.05) is 25.6 Å². The second kappa shape index (κ2) is 4.97.